The first-order chi connectivity index (χ1) is 6.63. The summed E-state index contributed by atoms with van der Waals surface area (Å²) in [7, 11) is 2.21. The van der Waals surface area contributed by atoms with Gasteiger partial charge in [-0.25, -0.2) is 0 Å². The molecule has 0 saturated carbocycles. The van der Waals surface area contributed by atoms with Crippen molar-refractivity contribution in [2.75, 3.05) is 19.3 Å². The lowest BCUT2D eigenvalue weighted by Gasteiger charge is -2.31. The highest BCUT2D eigenvalue weighted by atomic mass is 32.2. The topological polar surface area (TPSA) is 3.24 Å². The van der Waals surface area contributed by atoms with E-state index in [-0.39, 0.29) is 4.87 Å². The van der Waals surface area contributed by atoms with Crippen LogP contribution in [0.25, 0.3) is 0 Å². The molecular formula is C12H17NS. The molecule has 1 atom stereocenters. The standard InChI is InChI=1S/C12H17NS/c1-10-5-4-6-11(9-10)12(2)13(3)7-8-14-12/h4-6,9H,7-8H2,1-3H3. The molecule has 0 aromatic heterocycles. The van der Waals surface area contributed by atoms with Gasteiger partial charge in [-0.3, -0.25) is 4.90 Å². The van der Waals surface area contributed by atoms with Gasteiger partial charge in [0.1, 0.15) is 0 Å². The van der Waals surface area contributed by atoms with Crippen LogP contribution in [0.4, 0.5) is 0 Å². The third-order valence-corrected chi connectivity index (χ3v) is 4.59. The molecule has 1 heterocycles. The Bertz CT molecular complexity index is 337. The van der Waals surface area contributed by atoms with Crippen molar-refractivity contribution in [3.05, 3.63) is 35.4 Å². The van der Waals surface area contributed by atoms with E-state index in [1.165, 1.54) is 23.4 Å². The number of hydrogen-bond donors (Lipinski definition) is 0. The zero-order chi connectivity index (χ0) is 10.2. The van der Waals surface area contributed by atoms with E-state index in [9.17, 15) is 0 Å². The number of aryl methyl sites for hydroxylation is 1. The molecule has 0 radical (unpaired) electrons. The van der Waals surface area contributed by atoms with Crippen LogP contribution in [0.5, 0.6) is 0 Å². The molecule has 0 aliphatic carbocycles. The second kappa shape index (κ2) is 3.59. The molecule has 0 N–H and O–H groups in total. The third-order valence-electron chi connectivity index (χ3n) is 3.09. The largest absolute Gasteiger partial charge is 0.288 e. The Morgan fingerprint density at radius 1 is 1.43 bits per heavy atom. The Morgan fingerprint density at radius 3 is 2.79 bits per heavy atom. The fourth-order valence-corrected chi connectivity index (χ4v) is 3.31. The lowest BCUT2D eigenvalue weighted by molar-refractivity contribution is 0.262. The van der Waals surface area contributed by atoms with Crippen molar-refractivity contribution in [1.82, 2.24) is 4.90 Å². The predicted molar refractivity (Wildman–Crippen MR) is 63.6 cm³/mol. The van der Waals surface area contributed by atoms with Crippen LogP contribution in [0.3, 0.4) is 0 Å². The molecular weight excluding hydrogens is 190 g/mol. The number of hydrogen-bond acceptors (Lipinski definition) is 2. The maximum Gasteiger partial charge on any atom is 0.0896 e. The average molecular weight is 207 g/mol. The van der Waals surface area contributed by atoms with Crippen molar-refractivity contribution in [2.24, 2.45) is 0 Å². The first-order valence-electron chi connectivity index (χ1n) is 5.05. The van der Waals surface area contributed by atoms with Gasteiger partial charge in [0.2, 0.25) is 0 Å². The van der Waals surface area contributed by atoms with E-state index in [1.807, 2.05) is 11.8 Å². The fourth-order valence-electron chi connectivity index (χ4n) is 1.94. The molecule has 1 aliphatic rings. The number of nitrogens with zero attached hydrogens (tertiary/aromatic N) is 1. The van der Waals surface area contributed by atoms with Crippen molar-refractivity contribution in [3.8, 4) is 0 Å². The van der Waals surface area contributed by atoms with Crippen molar-refractivity contribution in [1.29, 1.82) is 0 Å². The van der Waals surface area contributed by atoms with Gasteiger partial charge >= 0.3 is 0 Å². The summed E-state index contributed by atoms with van der Waals surface area (Å²) in [5.74, 6) is 1.24. The Hall–Kier alpha value is -0.470. The predicted octanol–water partition coefficient (Wildman–Crippen LogP) is 2.85. The van der Waals surface area contributed by atoms with Crippen LogP contribution in [-0.4, -0.2) is 24.2 Å². The zero-order valence-corrected chi connectivity index (χ0v) is 9.90. The van der Waals surface area contributed by atoms with Crippen molar-refractivity contribution in [3.63, 3.8) is 0 Å². The minimum absolute atomic E-state index is 0.187. The summed E-state index contributed by atoms with van der Waals surface area (Å²) in [5.41, 5.74) is 2.78. The molecule has 1 aliphatic heterocycles. The summed E-state index contributed by atoms with van der Waals surface area (Å²) in [4.78, 5) is 2.62. The monoisotopic (exact) mass is 207 g/mol. The Morgan fingerprint density at radius 2 is 2.21 bits per heavy atom. The summed E-state index contributed by atoms with van der Waals surface area (Å²) >= 11 is 2.04. The smallest absolute Gasteiger partial charge is 0.0896 e. The van der Waals surface area contributed by atoms with Gasteiger partial charge in [-0.1, -0.05) is 29.8 Å². The van der Waals surface area contributed by atoms with Crippen molar-refractivity contribution >= 4 is 11.8 Å². The molecule has 1 unspecified atom stereocenters. The SMILES string of the molecule is Cc1cccc(C2(C)SCCN2C)c1. The van der Waals surface area contributed by atoms with Crippen LogP contribution in [-0.2, 0) is 4.87 Å². The molecule has 2 heteroatoms. The third kappa shape index (κ3) is 1.57. The van der Waals surface area contributed by atoms with E-state index >= 15 is 0 Å². The summed E-state index contributed by atoms with van der Waals surface area (Å²) in [6, 6.07) is 8.85. The van der Waals surface area contributed by atoms with E-state index < -0.39 is 0 Å². The summed E-state index contributed by atoms with van der Waals surface area (Å²) < 4.78 is 0. The first kappa shape index (κ1) is 10.1. The quantitative estimate of drug-likeness (QED) is 0.696. The van der Waals surface area contributed by atoms with E-state index in [4.69, 9.17) is 0 Å². The van der Waals surface area contributed by atoms with Crippen molar-refractivity contribution < 1.29 is 0 Å². The Labute approximate surface area is 90.5 Å². The highest BCUT2D eigenvalue weighted by Crippen LogP contribution is 2.43. The average Bonchev–Trinajstić information content (AvgIpc) is 2.49. The van der Waals surface area contributed by atoms with Crippen LogP contribution in [0, 0.1) is 6.92 Å². The van der Waals surface area contributed by atoms with Crippen LogP contribution >= 0.6 is 11.8 Å². The van der Waals surface area contributed by atoms with E-state index in [2.05, 4.69) is 50.1 Å². The normalized spacial score (nSPS) is 28.2. The number of thioether (sulfide) groups is 1. The fraction of sp³-hybridized carbons (Fsp3) is 0.500. The summed E-state index contributed by atoms with van der Waals surface area (Å²) in [6.07, 6.45) is 0. The van der Waals surface area contributed by atoms with Gasteiger partial charge in [0, 0.05) is 12.3 Å². The lowest BCUT2D eigenvalue weighted by atomic mass is 10.0. The van der Waals surface area contributed by atoms with E-state index in [1.54, 1.807) is 0 Å². The Kier molecular flexibility index (Phi) is 2.58. The number of rotatable bonds is 1. The highest BCUT2D eigenvalue weighted by Gasteiger charge is 2.36. The molecule has 14 heavy (non-hydrogen) atoms. The maximum atomic E-state index is 2.44. The van der Waals surface area contributed by atoms with Crippen LogP contribution < -0.4 is 0 Å². The van der Waals surface area contributed by atoms with Gasteiger partial charge in [-0.2, -0.15) is 0 Å². The molecule has 76 valence electrons. The molecule has 1 nitrogen and oxygen atoms in total. The maximum absolute atomic E-state index is 2.44. The van der Waals surface area contributed by atoms with Gasteiger partial charge < -0.3 is 0 Å². The van der Waals surface area contributed by atoms with Gasteiger partial charge in [0.15, 0.2) is 0 Å². The Balaban J connectivity index is 2.38. The lowest BCUT2D eigenvalue weighted by Crippen LogP contribution is -2.33. The van der Waals surface area contributed by atoms with Gasteiger partial charge in [-0.15, -0.1) is 11.8 Å². The van der Waals surface area contributed by atoms with E-state index in [0.29, 0.717) is 0 Å². The first-order valence-corrected chi connectivity index (χ1v) is 6.04. The molecule has 0 bridgehead atoms. The minimum atomic E-state index is 0.187. The molecule has 1 aromatic carbocycles. The second-order valence-electron chi connectivity index (χ2n) is 4.12. The molecule has 1 aromatic rings. The van der Waals surface area contributed by atoms with E-state index in [0.717, 1.165) is 0 Å². The molecule has 1 saturated heterocycles. The molecule has 1 fully saturated rings. The van der Waals surface area contributed by atoms with Crippen molar-refractivity contribution in [2.45, 2.75) is 18.7 Å². The van der Waals surface area contributed by atoms with Crippen LogP contribution in [0.2, 0.25) is 0 Å². The van der Waals surface area contributed by atoms with Gasteiger partial charge in [0.05, 0.1) is 4.87 Å². The second-order valence-corrected chi connectivity index (χ2v) is 5.61. The highest BCUT2D eigenvalue weighted by molar-refractivity contribution is 8.00. The number of benzene rings is 1. The molecule has 0 amide bonds. The zero-order valence-electron chi connectivity index (χ0n) is 9.08. The minimum Gasteiger partial charge on any atom is -0.288 e. The van der Waals surface area contributed by atoms with Gasteiger partial charge in [-0.05, 0) is 26.5 Å². The summed E-state index contributed by atoms with van der Waals surface area (Å²) in [5, 5.41) is 0. The van der Waals surface area contributed by atoms with Gasteiger partial charge in [0.25, 0.3) is 0 Å². The molecule has 2 rings (SSSR count). The molecule has 0 spiro atoms. The summed E-state index contributed by atoms with van der Waals surface area (Å²) in [6.45, 7) is 5.67. The van der Waals surface area contributed by atoms with Crippen LogP contribution in [0.1, 0.15) is 18.1 Å². The van der Waals surface area contributed by atoms with Crippen LogP contribution in [0.15, 0.2) is 24.3 Å².